The normalized spacial score (nSPS) is 12.8. The Bertz CT molecular complexity index is 409. The summed E-state index contributed by atoms with van der Waals surface area (Å²) in [5, 5.41) is 0. The number of methoxy groups -OCH3 is 1. The minimum atomic E-state index is -0.484. The van der Waals surface area contributed by atoms with Gasteiger partial charge in [0, 0.05) is 13.3 Å². The van der Waals surface area contributed by atoms with Gasteiger partial charge in [0.15, 0.2) is 0 Å². The maximum Gasteiger partial charge on any atom is 0.330 e. The Morgan fingerprint density at radius 2 is 2.23 bits per heavy atom. The van der Waals surface area contributed by atoms with Crippen LogP contribution in [0.1, 0.15) is 13.2 Å². The van der Waals surface area contributed by atoms with E-state index in [4.69, 9.17) is 4.74 Å². The molecule has 1 aromatic heterocycles. The first-order valence-corrected chi connectivity index (χ1v) is 4.39. The molecule has 6 heteroatoms. The van der Waals surface area contributed by atoms with Crippen molar-refractivity contribution in [1.82, 2.24) is 9.55 Å². The number of hydrogen-bond acceptors (Lipinski definition) is 3. The second-order valence-electron chi connectivity index (χ2n) is 2.48. The Morgan fingerprint density at radius 3 is 2.77 bits per heavy atom. The van der Waals surface area contributed by atoms with E-state index in [0.717, 1.165) is 0 Å². The zero-order valence-corrected chi connectivity index (χ0v) is 8.79. The van der Waals surface area contributed by atoms with E-state index in [-0.39, 0.29) is 0 Å². The number of aromatic amines is 1. The number of halogens is 1. The van der Waals surface area contributed by atoms with Crippen LogP contribution in [0.3, 0.4) is 0 Å². The lowest BCUT2D eigenvalue weighted by atomic mass is 10.5. The average molecular weight is 249 g/mol. The summed E-state index contributed by atoms with van der Waals surface area (Å²) in [6, 6.07) is 0. The molecular weight excluding hydrogens is 240 g/mol. The van der Waals surface area contributed by atoms with Crippen LogP contribution in [0.15, 0.2) is 20.3 Å². The maximum absolute atomic E-state index is 11.2. The van der Waals surface area contributed by atoms with E-state index in [1.165, 1.54) is 17.9 Å². The van der Waals surface area contributed by atoms with E-state index in [9.17, 15) is 9.59 Å². The van der Waals surface area contributed by atoms with Gasteiger partial charge in [-0.2, -0.15) is 0 Å². The summed E-state index contributed by atoms with van der Waals surface area (Å²) in [6.07, 6.45) is 0.996. The molecule has 1 rings (SSSR count). The van der Waals surface area contributed by atoms with Crippen LogP contribution in [-0.2, 0) is 4.74 Å². The van der Waals surface area contributed by atoms with Crippen LogP contribution in [0.4, 0.5) is 0 Å². The van der Waals surface area contributed by atoms with E-state index in [1.54, 1.807) is 6.92 Å². The minimum Gasteiger partial charge on any atom is -0.361 e. The van der Waals surface area contributed by atoms with Crippen molar-refractivity contribution < 1.29 is 4.74 Å². The minimum absolute atomic E-state index is 0.302. The molecule has 0 unspecified atom stereocenters. The molecular formula is C7H9BrN2O3. The van der Waals surface area contributed by atoms with Crippen molar-refractivity contribution in [2.45, 2.75) is 13.2 Å². The van der Waals surface area contributed by atoms with Gasteiger partial charge in [-0.25, -0.2) is 4.79 Å². The summed E-state index contributed by atoms with van der Waals surface area (Å²) in [5.74, 6) is 0. The Morgan fingerprint density at radius 1 is 1.62 bits per heavy atom. The van der Waals surface area contributed by atoms with Crippen LogP contribution in [0.5, 0.6) is 0 Å². The SMILES string of the molecule is CO[C@H](C)n1cc(Br)c(=O)[nH]c1=O. The predicted molar refractivity (Wildman–Crippen MR) is 50.7 cm³/mol. The second kappa shape index (κ2) is 3.89. The van der Waals surface area contributed by atoms with Crippen LogP contribution in [0.25, 0.3) is 0 Å². The highest BCUT2D eigenvalue weighted by Gasteiger charge is 2.07. The molecule has 0 saturated carbocycles. The molecule has 0 saturated heterocycles. The number of nitrogens with one attached hydrogen (secondary N) is 1. The molecule has 0 radical (unpaired) electrons. The maximum atomic E-state index is 11.2. The van der Waals surface area contributed by atoms with Gasteiger partial charge in [0.05, 0.1) is 4.47 Å². The highest BCUT2D eigenvalue weighted by Crippen LogP contribution is 2.04. The molecule has 0 bridgehead atoms. The lowest BCUT2D eigenvalue weighted by Crippen LogP contribution is -2.32. The molecule has 1 heterocycles. The number of rotatable bonds is 2. The smallest absolute Gasteiger partial charge is 0.330 e. The summed E-state index contributed by atoms with van der Waals surface area (Å²) < 4.78 is 6.52. The summed E-state index contributed by atoms with van der Waals surface area (Å²) in [4.78, 5) is 24.3. The summed E-state index contributed by atoms with van der Waals surface area (Å²) in [7, 11) is 1.48. The van der Waals surface area contributed by atoms with Crippen molar-refractivity contribution in [3.63, 3.8) is 0 Å². The lowest BCUT2D eigenvalue weighted by Gasteiger charge is -2.11. The molecule has 0 fully saturated rings. The predicted octanol–water partition coefficient (Wildman–Crippen LogP) is 0.464. The first-order chi connectivity index (χ1) is 6.06. The van der Waals surface area contributed by atoms with Gasteiger partial charge in [0.1, 0.15) is 6.23 Å². The third kappa shape index (κ3) is 2.07. The highest BCUT2D eigenvalue weighted by molar-refractivity contribution is 9.10. The van der Waals surface area contributed by atoms with Crippen molar-refractivity contribution in [2.75, 3.05) is 7.11 Å². The molecule has 0 amide bonds. The van der Waals surface area contributed by atoms with Crippen molar-refractivity contribution in [1.29, 1.82) is 0 Å². The second-order valence-corrected chi connectivity index (χ2v) is 3.33. The molecule has 0 aromatic carbocycles. The van der Waals surface area contributed by atoms with Crippen LogP contribution in [0, 0.1) is 0 Å². The number of aromatic nitrogens is 2. The quantitative estimate of drug-likeness (QED) is 0.828. The Hall–Kier alpha value is -0.880. The Kier molecular flexibility index (Phi) is 3.05. The molecule has 1 atom stereocenters. The number of hydrogen-bond donors (Lipinski definition) is 1. The molecule has 1 aromatic rings. The molecule has 72 valence electrons. The van der Waals surface area contributed by atoms with Gasteiger partial charge in [0.25, 0.3) is 5.56 Å². The molecule has 0 aliphatic rings. The number of nitrogens with zero attached hydrogens (tertiary/aromatic N) is 1. The fourth-order valence-electron chi connectivity index (χ4n) is 0.844. The van der Waals surface area contributed by atoms with Crippen LogP contribution >= 0.6 is 15.9 Å². The lowest BCUT2D eigenvalue weighted by molar-refractivity contribution is 0.0561. The van der Waals surface area contributed by atoms with E-state index in [0.29, 0.717) is 4.47 Å². The van der Waals surface area contributed by atoms with Gasteiger partial charge >= 0.3 is 5.69 Å². The third-order valence-corrected chi connectivity index (χ3v) is 2.22. The van der Waals surface area contributed by atoms with E-state index >= 15 is 0 Å². The topological polar surface area (TPSA) is 64.1 Å². The Labute approximate surface area is 82.5 Å². The standard InChI is InChI=1S/C7H9BrN2O3/c1-4(13-2)10-3-5(8)6(11)9-7(10)12/h3-4H,1-2H3,(H,9,11,12)/t4-/m1/s1. The average Bonchev–Trinajstić information content (AvgIpc) is 2.10. The third-order valence-electron chi connectivity index (χ3n) is 1.66. The largest absolute Gasteiger partial charge is 0.361 e. The summed E-state index contributed by atoms with van der Waals surface area (Å²) >= 11 is 3.02. The van der Waals surface area contributed by atoms with Crippen molar-refractivity contribution in [3.05, 3.63) is 31.5 Å². The van der Waals surface area contributed by atoms with Gasteiger partial charge in [0.2, 0.25) is 0 Å². The number of ether oxygens (including phenoxy) is 1. The van der Waals surface area contributed by atoms with Crippen molar-refractivity contribution in [3.8, 4) is 0 Å². The summed E-state index contributed by atoms with van der Waals surface area (Å²) in [5.41, 5.74) is -0.924. The van der Waals surface area contributed by atoms with Crippen LogP contribution in [-0.4, -0.2) is 16.7 Å². The van der Waals surface area contributed by atoms with Crippen molar-refractivity contribution >= 4 is 15.9 Å². The fraction of sp³-hybridized carbons (Fsp3) is 0.429. The molecule has 1 N–H and O–H groups in total. The number of H-pyrrole nitrogens is 1. The van der Waals surface area contributed by atoms with E-state index in [2.05, 4.69) is 20.9 Å². The van der Waals surface area contributed by atoms with E-state index in [1.807, 2.05) is 0 Å². The fourth-order valence-corrected chi connectivity index (χ4v) is 1.16. The van der Waals surface area contributed by atoms with Gasteiger partial charge in [-0.05, 0) is 22.9 Å². The van der Waals surface area contributed by atoms with Crippen LogP contribution in [0.2, 0.25) is 0 Å². The van der Waals surface area contributed by atoms with Gasteiger partial charge in [-0.1, -0.05) is 0 Å². The van der Waals surface area contributed by atoms with Gasteiger partial charge in [-0.15, -0.1) is 0 Å². The monoisotopic (exact) mass is 248 g/mol. The first kappa shape index (κ1) is 10.2. The van der Waals surface area contributed by atoms with Gasteiger partial charge in [-0.3, -0.25) is 14.3 Å². The molecule has 13 heavy (non-hydrogen) atoms. The zero-order valence-electron chi connectivity index (χ0n) is 7.20. The zero-order chi connectivity index (χ0) is 10.0. The first-order valence-electron chi connectivity index (χ1n) is 3.60. The molecule has 5 nitrogen and oxygen atoms in total. The molecule has 0 aliphatic carbocycles. The highest BCUT2D eigenvalue weighted by atomic mass is 79.9. The van der Waals surface area contributed by atoms with Crippen molar-refractivity contribution in [2.24, 2.45) is 0 Å². The summed E-state index contributed by atoms with van der Waals surface area (Å²) in [6.45, 7) is 1.70. The molecule has 0 aliphatic heterocycles. The van der Waals surface area contributed by atoms with Gasteiger partial charge < -0.3 is 4.74 Å². The van der Waals surface area contributed by atoms with Crippen LogP contribution < -0.4 is 11.2 Å². The van der Waals surface area contributed by atoms with E-state index < -0.39 is 17.5 Å². The molecule has 0 spiro atoms. The Balaban J connectivity index is 3.32.